The molecule has 120 valence electrons. The monoisotopic (exact) mass is 313 g/mol. The van der Waals surface area contributed by atoms with E-state index in [-0.39, 0.29) is 17.9 Å². The summed E-state index contributed by atoms with van der Waals surface area (Å²) in [7, 11) is 0. The predicted molar refractivity (Wildman–Crippen MR) is 85.1 cm³/mol. The fourth-order valence-electron chi connectivity index (χ4n) is 2.95. The molecule has 4 rings (SSSR count). The summed E-state index contributed by atoms with van der Waals surface area (Å²) >= 11 is 0. The van der Waals surface area contributed by atoms with Crippen LogP contribution < -0.4 is 16.0 Å². The number of hydrogen-bond acceptors (Lipinski definition) is 6. The van der Waals surface area contributed by atoms with Gasteiger partial charge in [-0.1, -0.05) is 0 Å². The van der Waals surface area contributed by atoms with E-state index in [1.165, 1.54) is 0 Å². The van der Waals surface area contributed by atoms with Gasteiger partial charge >= 0.3 is 0 Å². The van der Waals surface area contributed by atoms with Crippen molar-refractivity contribution in [1.82, 2.24) is 25.1 Å². The molecule has 0 unspecified atom stereocenters. The lowest BCUT2D eigenvalue weighted by Crippen LogP contribution is -2.44. The van der Waals surface area contributed by atoms with E-state index in [1.54, 1.807) is 17.1 Å². The second-order valence-corrected chi connectivity index (χ2v) is 6.03. The third-order valence-corrected chi connectivity index (χ3v) is 4.23. The number of rotatable bonds is 4. The van der Waals surface area contributed by atoms with Gasteiger partial charge in [-0.2, -0.15) is 15.1 Å². The molecule has 23 heavy (non-hydrogen) atoms. The lowest BCUT2D eigenvalue weighted by Gasteiger charge is -2.25. The van der Waals surface area contributed by atoms with E-state index in [9.17, 15) is 4.79 Å². The van der Waals surface area contributed by atoms with Crippen LogP contribution in [0.15, 0.2) is 24.5 Å². The zero-order valence-corrected chi connectivity index (χ0v) is 12.7. The van der Waals surface area contributed by atoms with Crippen LogP contribution in [0.25, 0.3) is 5.82 Å². The molecule has 1 aliphatic heterocycles. The fourth-order valence-corrected chi connectivity index (χ4v) is 2.95. The number of carbonyl (C=O) groups is 1. The minimum Gasteiger partial charge on any atom is -0.368 e. The number of nitrogen functional groups attached to an aromatic ring is 1. The summed E-state index contributed by atoms with van der Waals surface area (Å²) in [6.07, 6.45) is 7.45. The molecule has 3 N–H and O–H groups in total. The largest absolute Gasteiger partial charge is 0.368 e. The van der Waals surface area contributed by atoms with Gasteiger partial charge in [0.05, 0.1) is 0 Å². The number of carbonyl (C=O) groups excluding carboxylic acids is 1. The van der Waals surface area contributed by atoms with E-state index in [0.717, 1.165) is 32.2 Å². The van der Waals surface area contributed by atoms with Gasteiger partial charge in [-0.25, -0.2) is 4.68 Å². The van der Waals surface area contributed by atoms with Crippen LogP contribution in [0.1, 0.15) is 25.7 Å². The average Bonchev–Trinajstić information content (AvgIpc) is 3.06. The van der Waals surface area contributed by atoms with Gasteiger partial charge in [0.1, 0.15) is 11.9 Å². The van der Waals surface area contributed by atoms with Crippen molar-refractivity contribution in [3.05, 3.63) is 24.5 Å². The summed E-state index contributed by atoms with van der Waals surface area (Å²) in [4.78, 5) is 23.0. The van der Waals surface area contributed by atoms with E-state index in [0.29, 0.717) is 17.7 Å². The molecular weight excluding hydrogens is 294 g/mol. The zero-order chi connectivity index (χ0) is 15.8. The Morgan fingerprint density at radius 1 is 1.26 bits per heavy atom. The quantitative estimate of drug-likeness (QED) is 0.852. The van der Waals surface area contributed by atoms with Crippen LogP contribution in [0.2, 0.25) is 0 Å². The lowest BCUT2D eigenvalue weighted by atomic mass is 10.2. The Labute approximate surface area is 133 Å². The van der Waals surface area contributed by atoms with Crippen LogP contribution in [0.5, 0.6) is 0 Å². The van der Waals surface area contributed by atoms with Crippen LogP contribution in [0, 0.1) is 0 Å². The van der Waals surface area contributed by atoms with Crippen molar-refractivity contribution in [2.75, 3.05) is 17.2 Å². The molecule has 3 heterocycles. The minimum atomic E-state index is -0.185. The number of nitrogens with two attached hydrogens (primary N) is 1. The molecule has 2 aromatic heterocycles. The first kappa shape index (κ1) is 14.0. The van der Waals surface area contributed by atoms with Crippen molar-refractivity contribution in [3.63, 3.8) is 0 Å². The van der Waals surface area contributed by atoms with Crippen molar-refractivity contribution in [1.29, 1.82) is 0 Å². The lowest BCUT2D eigenvalue weighted by molar-refractivity contribution is -0.122. The average molecular weight is 313 g/mol. The van der Waals surface area contributed by atoms with Gasteiger partial charge in [-0.05, 0) is 31.7 Å². The topological polar surface area (TPSA) is 102 Å². The highest BCUT2D eigenvalue weighted by atomic mass is 16.2. The molecule has 0 bridgehead atoms. The van der Waals surface area contributed by atoms with Crippen molar-refractivity contribution in [2.45, 2.75) is 37.8 Å². The van der Waals surface area contributed by atoms with Gasteiger partial charge in [-0.15, -0.1) is 0 Å². The number of hydrogen-bond donors (Lipinski definition) is 2. The Morgan fingerprint density at radius 3 is 2.83 bits per heavy atom. The van der Waals surface area contributed by atoms with E-state index in [2.05, 4.69) is 20.4 Å². The molecule has 0 aromatic carbocycles. The highest BCUT2D eigenvalue weighted by Crippen LogP contribution is 2.27. The summed E-state index contributed by atoms with van der Waals surface area (Å²) in [6.45, 7) is 0.789. The summed E-state index contributed by atoms with van der Waals surface area (Å²) in [5.41, 5.74) is 5.85. The smallest absolute Gasteiger partial charge is 0.242 e. The molecule has 2 aromatic rings. The second kappa shape index (κ2) is 5.53. The van der Waals surface area contributed by atoms with E-state index in [4.69, 9.17) is 5.73 Å². The fraction of sp³-hybridized carbons (Fsp3) is 0.467. The summed E-state index contributed by atoms with van der Waals surface area (Å²) in [5, 5.41) is 7.25. The second-order valence-electron chi connectivity index (χ2n) is 6.03. The molecule has 1 atom stereocenters. The molecule has 1 saturated carbocycles. The SMILES string of the molecule is Nc1nc(N2CCC[C@@H]2C(=O)NC2CC2)cc(-n2cccn2)n1. The first-order chi connectivity index (χ1) is 11.2. The Morgan fingerprint density at radius 2 is 2.09 bits per heavy atom. The first-order valence-corrected chi connectivity index (χ1v) is 7.92. The van der Waals surface area contributed by atoms with Crippen LogP contribution in [0.3, 0.4) is 0 Å². The van der Waals surface area contributed by atoms with Crippen LogP contribution in [-0.4, -0.2) is 44.3 Å². The maximum absolute atomic E-state index is 12.4. The van der Waals surface area contributed by atoms with Gasteiger partial charge in [0.15, 0.2) is 5.82 Å². The van der Waals surface area contributed by atoms with Crippen molar-refractivity contribution < 1.29 is 4.79 Å². The first-order valence-electron chi connectivity index (χ1n) is 7.92. The molecule has 1 aliphatic carbocycles. The van der Waals surface area contributed by atoms with Gasteiger partial charge in [0, 0.05) is 31.0 Å². The van der Waals surface area contributed by atoms with Gasteiger partial charge in [-0.3, -0.25) is 4.79 Å². The molecule has 1 amide bonds. The van der Waals surface area contributed by atoms with Gasteiger partial charge < -0.3 is 16.0 Å². The highest BCUT2D eigenvalue weighted by Gasteiger charge is 2.35. The van der Waals surface area contributed by atoms with Crippen molar-refractivity contribution >= 4 is 17.7 Å². The third kappa shape index (κ3) is 2.84. The molecule has 0 spiro atoms. The van der Waals surface area contributed by atoms with Crippen molar-refractivity contribution in [2.24, 2.45) is 0 Å². The van der Waals surface area contributed by atoms with Crippen LogP contribution in [0.4, 0.5) is 11.8 Å². The summed E-state index contributed by atoms with van der Waals surface area (Å²) < 4.78 is 1.64. The predicted octanol–water partition coefficient (Wildman–Crippen LogP) is 0.492. The molecule has 0 radical (unpaired) electrons. The maximum atomic E-state index is 12.4. The number of aromatic nitrogens is 4. The zero-order valence-electron chi connectivity index (χ0n) is 12.7. The van der Waals surface area contributed by atoms with E-state index < -0.39 is 0 Å². The molecule has 1 saturated heterocycles. The maximum Gasteiger partial charge on any atom is 0.242 e. The Kier molecular flexibility index (Phi) is 3.36. The van der Waals surface area contributed by atoms with Gasteiger partial charge in [0.25, 0.3) is 0 Å². The Hall–Kier alpha value is -2.64. The number of nitrogens with one attached hydrogen (secondary N) is 1. The molecule has 8 nitrogen and oxygen atoms in total. The van der Waals surface area contributed by atoms with E-state index >= 15 is 0 Å². The minimum absolute atomic E-state index is 0.0859. The number of amides is 1. The molecule has 2 aliphatic rings. The van der Waals surface area contributed by atoms with Crippen LogP contribution >= 0.6 is 0 Å². The van der Waals surface area contributed by atoms with Gasteiger partial charge in [0.2, 0.25) is 11.9 Å². The Bertz CT molecular complexity index is 711. The standard InChI is InChI=1S/C15H19N7O/c16-15-19-12(9-13(20-15)22-8-2-6-17-22)21-7-1-3-11(21)14(23)18-10-4-5-10/h2,6,8-11H,1,3-5,7H2,(H,18,23)(H2,16,19,20)/t11-/m1/s1. The molecule has 8 heteroatoms. The van der Waals surface area contributed by atoms with E-state index in [1.807, 2.05) is 17.0 Å². The third-order valence-electron chi connectivity index (χ3n) is 4.23. The molecular formula is C15H19N7O. The normalized spacial score (nSPS) is 20.7. The number of nitrogens with zero attached hydrogens (tertiary/aromatic N) is 5. The summed E-state index contributed by atoms with van der Waals surface area (Å²) in [5.74, 6) is 1.55. The molecule has 2 fully saturated rings. The Balaban J connectivity index is 1.62. The number of anilines is 2. The highest BCUT2D eigenvalue weighted by molar-refractivity contribution is 5.86. The van der Waals surface area contributed by atoms with Crippen molar-refractivity contribution in [3.8, 4) is 5.82 Å². The summed E-state index contributed by atoms with van der Waals surface area (Å²) in [6, 6.07) is 3.82. The van der Waals surface area contributed by atoms with Crippen LogP contribution in [-0.2, 0) is 4.79 Å².